The highest BCUT2D eigenvalue weighted by molar-refractivity contribution is 7.92. The van der Waals surface area contributed by atoms with Gasteiger partial charge >= 0.3 is 0 Å². The predicted molar refractivity (Wildman–Crippen MR) is 122 cm³/mol. The van der Waals surface area contributed by atoms with E-state index in [-0.39, 0.29) is 11.9 Å². The van der Waals surface area contributed by atoms with E-state index < -0.39 is 10.0 Å². The van der Waals surface area contributed by atoms with E-state index in [1.54, 1.807) is 6.08 Å². The maximum absolute atomic E-state index is 12.2. The van der Waals surface area contributed by atoms with Crippen LogP contribution in [0.2, 0.25) is 0 Å². The summed E-state index contributed by atoms with van der Waals surface area (Å²) in [6, 6.07) is 15.2. The van der Waals surface area contributed by atoms with Crippen molar-refractivity contribution in [2.24, 2.45) is 0 Å². The minimum atomic E-state index is -3.31. The zero-order valence-electron chi connectivity index (χ0n) is 16.6. The third-order valence-corrected chi connectivity index (χ3v) is 6.88. The van der Waals surface area contributed by atoms with Gasteiger partial charge < -0.3 is 0 Å². The van der Waals surface area contributed by atoms with Gasteiger partial charge in [-0.15, -0.1) is 11.3 Å². The molecule has 0 fully saturated rings. The van der Waals surface area contributed by atoms with Gasteiger partial charge in [0, 0.05) is 23.1 Å². The number of carbonyl (C=O) groups is 1. The second-order valence-corrected chi connectivity index (χ2v) is 9.94. The molecule has 1 aliphatic rings. The third-order valence-electron chi connectivity index (χ3n) is 4.85. The van der Waals surface area contributed by atoms with Crippen molar-refractivity contribution < 1.29 is 13.2 Å². The van der Waals surface area contributed by atoms with Gasteiger partial charge in [-0.05, 0) is 42.7 Å². The monoisotopic (exact) mass is 439 g/mol. The molecule has 6 nitrogen and oxygen atoms in total. The average molecular weight is 440 g/mol. The summed E-state index contributed by atoms with van der Waals surface area (Å²) in [4.78, 5) is 16.7. The summed E-state index contributed by atoms with van der Waals surface area (Å²) in [5.41, 5.74) is 4.30. The van der Waals surface area contributed by atoms with E-state index in [9.17, 15) is 13.2 Å². The van der Waals surface area contributed by atoms with Crippen molar-refractivity contribution in [2.75, 3.05) is 15.9 Å². The Morgan fingerprint density at radius 3 is 2.73 bits per heavy atom. The lowest BCUT2D eigenvalue weighted by Crippen LogP contribution is -2.34. The van der Waals surface area contributed by atoms with E-state index in [4.69, 9.17) is 0 Å². The normalized spacial score (nSPS) is 16.1. The summed E-state index contributed by atoms with van der Waals surface area (Å²) < 4.78 is 25.6. The summed E-state index contributed by atoms with van der Waals surface area (Å²) in [5.74, 6) is -0.244. The Kier molecular flexibility index (Phi) is 5.44. The molecule has 4 rings (SSSR count). The summed E-state index contributed by atoms with van der Waals surface area (Å²) in [6.07, 6.45) is 5.12. The number of hydrogen-bond donors (Lipinski definition) is 1. The highest BCUT2D eigenvalue weighted by Gasteiger charge is 2.32. The molecule has 1 amide bonds. The van der Waals surface area contributed by atoms with E-state index in [1.807, 2.05) is 60.8 Å². The number of thiazole rings is 1. The summed E-state index contributed by atoms with van der Waals surface area (Å²) in [6.45, 7) is 1.90. The van der Waals surface area contributed by atoms with Crippen molar-refractivity contribution in [1.82, 2.24) is 4.98 Å². The second kappa shape index (κ2) is 8.04. The van der Waals surface area contributed by atoms with Crippen LogP contribution in [-0.2, 0) is 21.2 Å². The molecule has 0 saturated heterocycles. The molecule has 0 radical (unpaired) electrons. The van der Waals surface area contributed by atoms with Gasteiger partial charge in [-0.3, -0.25) is 14.4 Å². The number of fused-ring (bicyclic) bond motifs is 1. The minimum absolute atomic E-state index is 0.105. The molecule has 1 N–H and O–H groups in total. The fraction of sp³-hybridized carbons (Fsp3) is 0.182. The highest BCUT2D eigenvalue weighted by Crippen LogP contribution is 2.37. The zero-order valence-corrected chi connectivity index (χ0v) is 18.2. The van der Waals surface area contributed by atoms with Crippen LogP contribution in [0.3, 0.4) is 0 Å². The molecule has 1 aromatic heterocycles. The second-order valence-electron chi connectivity index (χ2n) is 7.23. The van der Waals surface area contributed by atoms with Crippen LogP contribution in [0.15, 0.2) is 60.0 Å². The van der Waals surface area contributed by atoms with Crippen LogP contribution >= 0.6 is 11.3 Å². The van der Waals surface area contributed by atoms with Crippen LogP contribution in [0.5, 0.6) is 0 Å². The van der Waals surface area contributed by atoms with Crippen LogP contribution in [0.25, 0.3) is 17.3 Å². The SMILES string of the molecule is CC1Cc2cc(-c3csc(NC(=O)/C=C/c4ccccc4)n3)ccc2N1S(C)(=O)=O. The predicted octanol–water partition coefficient (Wildman–Crippen LogP) is 4.17. The number of hydrogen-bond acceptors (Lipinski definition) is 5. The van der Waals surface area contributed by atoms with Gasteiger partial charge in [0.2, 0.25) is 15.9 Å². The standard InChI is InChI=1S/C22H21N3O3S2/c1-15-12-18-13-17(9-10-20(18)25(15)30(2,27)28)19-14-29-22(23-19)24-21(26)11-8-16-6-4-3-5-7-16/h3-11,13-15H,12H2,1-2H3,(H,23,24,26)/b11-8+. The van der Waals surface area contributed by atoms with Crippen LogP contribution in [0.1, 0.15) is 18.1 Å². The van der Waals surface area contributed by atoms with Crippen molar-refractivity contribution in [3.8, 4) is 11.3 Å². The molecule has 2 aromatic carbocycles. The number of anilines is 2. The fourth-order valence-corrected chi connectivity index (χ4v) is 5.60. The number of amides is 1. The molecule has 154 valence electrons. The Bertz CT molecular complexity index is 1220. The van der Waals surface area contributed by atoms with Gasteiger partial charge in [0.05, 0.1) is 17.6 Å². The summed E-state index contributed by atoms with van der Waals surface area (Å²) >= 11 is 1.35. The van der Waals surface area contributed by atoms with Crippen molar-refractivity contribution >= 4 is 44.2 Å². The molecule has 0 saturated carbocycles. The molecule has 1 unspecified atom stereocenters. The Balaban J connectivity index is 1.49. The van der Waals surface area contributed by atoms with Gasteiger partial charge in [0.15, 0.2) is 5.13 Å². The number of benzene rings is 2. The molecule has 8 heteroatoms. The largest absolute Gasteiger partial charge is 0.298 e. The first-order valence-corrected chi connectivity index (χ1v) is 12.2. The van der Waals surface area contributed by atoms with Gasteiger partial charge in [0.1, 0.15) is 0 Å². The van der Waals surface area contributed by atoms with Crippen molar-refractivity contribution in [3.63, 3.8) is 0 Å². The Morgan fingerprint density at radius 1 is 1.23 bits per heavy atom. The van der Waals surface area contributed by atoms with Crippen LogP contribution in [0.4, 0.5) is 10.8 Å². The third kappa shape index (κ3) is 4.29. The maximum atomic E-state index is 12.2. The summed E-state index contributed by atoms with van der Waals surface area (Å²) in [5, 5.41) is 5.18. The first kappa shape index (κ1) is 20.3. The smallest absolute Gasteiger partial charge is 0.250 e. The van der Waals surface area contributed by atoms with E-state index in [1.165, 1.54) is 28.0 Å². The van der Waals surface area contributed by atoms with Gasteiger partial charge in [-0.2, -0.15) is 0 Å². The van der Waals surface area contributed by atoms with Crippen molar-refractivity contribution in [3.05, 3.63) is 71.1 Å². The van der Waals surface area contributed by atoms with Crippen molar-refractivity contribution in [1.29, 1.82) is 0 Å². The number of aromatic nitrogens is 1. The number of rotatable bonds is 5. The first-order chi connectivity index (χ1) is 14.3. The van der Waals surface area contributed by atoms with Gasteiger partial charge in [-0.25, -0.2) is 13.4 Å². The molecule has 2 heterocycles. The van der Waals surface area contributed by atoms with Gasteiger partial charge in [-0.1, -0.05) is 36.4 Å². The quantitative estimate of drug-likeness (QED) is 0.605. The van der Waals surface area contributed by atoms with Crippen LogP contribution in [-0.4, -0.2) is 31.6 Å². The van der Waals surface area contributed by atoms with E-state index >= 15 is 0 Å². The lowest BCUT2D eigenvalue weighted by atomic mass is 10.1. The molecule has 1 atom stereocenters. The number of carbonyl (C=O) groups excluding carboxylic acids is 1. The highest BCUT2D eigenvalue weighted by atomic mass is 32.2. The maximum Gasteiger partial charge on any atom is 0.250 e. The molecule has 1 aliphatic heterocycles. The Morgan fingerprint density at radius 2 is 2.00 bits per heavy atom. The Labute approximate surface area is 179 Å². The molecule has 0 spiro atoms. The fourth-order valence-electron chi connectivity index (χ4n) is 3.61. The first-order valence-electron chi connectivity index (χ1n) is 9.43. The molecule has 0 aliphatic carbocycles. The molecular weight excluding hydrogens is 418 g/mol. The van der Waals surface area contributed by atoms with Crippen molar-refractivity contribution in [2.45, 2.75) is 19.4 Å². The van der Waals surface area contributed by atoms with Crippen LogP contribution in [0, 0.1) is 0 Å². The molecule has 0 bridgehead atoms. The lowest BCUT2D eigenvalue weighted by Gasteiger charge is -2.21. The number of nitrogens with one attached hydrogen (secondary N) is 1. The lowest BCUT2D eigenvalue weighted by molar-refractivity contribution is -0.111. The van der Waals surface area contributed by atoms with E-state index in [2.05, 4.69) is 10.3 Å². The van der Waals surface area contributed by atoms with E-state index in [0.717, 1.165) is 28.1 Å². The topological polar surface area (TPSA) is 79.4 Å². The molecule has 3 aromatic rings. The zero-order chi connectivity index (χ0) is 21.3. The average Bonchev–Trinajstić information content (AvgIpc) is 3.29. The van der Waals surface area contributed by atoms with Gasteiger partial charge in [0.25, 0.3) is 0 Å². The Hall–Kier alpha value is -2.97. The molecule has 30 heavy (non-hydrogen) atoms. The molecular formula is C22H21N3O3S2. The van der Waals surface area contributed by atoms with E-state index in [0.29, 0.717) is 11.6 Å². The van der Waals surface area contributed by atoms with Crippen LogP contribution < -0.4 is 9.62 Å². The number of sulfonamides is 1. The minimum Gasteiger partial charge on any atom is -0.298 e. The summed E-state index contributed by atoms with van der Waals surface area (Å²) in [7, 11) is -3.31. The number of nitrogens with zero attached hydrogens (tertiary/aromatic N) is 2.